The first kappa shape index (κ1) is 16.2. The lowest BCUT2D eigenvalue weighted by molar-refractivity contribution is 0.251. The van der Waals surface area contributed by atoms with Crippen molar-refractivity contribution in [3.8, 4) is 11.5 Å². The summed E-state index contributed by atoms with van der Waals surface area (Å²) in [4.78, 5) is 11.9. The van der Waals surface area contributed by atoms with Crippen LogP contribution >= 0.6 is 15.9 Å². The van der Waals surface area contributed by atoms with Gasteiger partial charge in [0.05, 0.1) is 14.2 Å². The van der Waals surface area contributed by atoms with Crippen LogP contribution in [0.3, 0.4) is 0 Å². The van der Waals surface area contributed by atoms with E-state index in [4.69, 9.17) is 9.47 Å². The van der Waals surface area contributed by atoms with Crippen LogP contribution in [0.15, 0.2) is 46.9 Å². The summed E-state index contributed by atoms with van der Waals surface area (Å²) in [6, 6.07) is 12.7. The molecule has 116 valence electrons. The number of nitrogens with one attached hydrogen (secondary N) is 2. The van der Waals surface area contributed by atoms with E-state index in [9.17, 15) is 4.79 Å². The molecule has 0 heterocycles. The Bertz CT molecular complexity index is 644. The molecule has 2 N–H and O–H groups in total. The SMILES string of the molecule is COc1ccc(NC(=O)NCc2ccc(Br)cc2)cc1OC. The van der Waals surface area contributed by atoms with E-state index in [-0.39, 0.29) is 6.03 Å². The minimum atomic E-state index is -0.282. The number of anilines is 1. The number of rotatable bonds is 5. The van der Waals surface area contributed by atoms with Gasteiger partial charge in [0, 0.05) is 22.8 Å². The van der Waals surface area contributed by atoms with E-state index in [1.54, 1.807) is 32.4 Å². The van der Waals surface area contributed by atoms with Gasteiger partial charge in [0.15, 0.2) is 11.5 Å². The molecular weight excluding hydrogens is 348 g/mol. The zero-order valence-corrected chi connectivity index (χ0v) is 13.9. The first-order valence-corrected chi connectivity index (χ1v) is 7.43. The Morgan fingerprint density at radius 3 is 2.36 bits per heavy atom. The molecule has 0 atom stereocenters. The summed E-state index contributed by atoms with van der Waals surface area (Å²) < 4.78 is 11.4. The number of urea groups is 1. The lowest BCUT2D eigenvalue weighted by Gasteiger charge is -2.11. The second-order valence-electron chi connectivity index (χ2n) is 4.50. The second kappa shape index (κ2) is 7.70. The molecule has 0 aromatic heterocycles. The maximum absolute atomic E-state index is 11.9. The Hall–Kier alpha value is -2.21. The third-order valence-electron chi connectivity index (χ3n) is 3.01. The minimum absolute atomic E-state index is 0.282. The number of halogens is 1. The van der Waals surface area contributed by atoms with E-state index in [0.717, 1.165) is 10.0 Å². The van der Waals surface area contributed by atoms with Gasteiger partial charge in [0.25, 0.3) is 0 Å². The molecule has 6 heteroatoms. The third kappa shape index (κ3) is 4.39. The number of methoxy groups -OCH3 is 2. The summed E-state index contributed by atoms with van der Waals surface area (Å²) in [6.07, 6.45) is 0. The minimum Gasteiger partial charge on any atom is -0.493 e. The van der Waals surface area contributed by atoms with E-state index in [0.29, 0.717) is 23.7 Å². The summed E-state index contributed by atoms with van der Waals surface area (Å²) in [7, 11) is 3.12. The van der Waals surface area contributed by atoms with Crippen molar-refractivity contribution in [1.29, 1.82) is 0 Å². The number of carbonyl (C=O) groups is 1. The van der Waals surface area contributed by atoms with Crippen molar-refractivity contribution in [2.75, 3.05) is 19.5 Å². The van der Waals surface area contributed by atoms with E-state index in [1.165, 1.54) is 0 Å². The quantitative estimate of drug-likeness (QED) is 0.848. The standard InChI is InChI=1S/C16H17BrN2O3/c1-21-14-8-7-13(9-15(14)22-2)19-16(20)18-10-11-3-5-12(17)6-4-11/h3-9H,10H2,1-2H3,(H2,18,19,20). The summed E-state index contributed by atoms with van der Waals surface area (Å²) in [6.45, 7) is 0.451. The van der Waals surface area contributed by atoms with Crippen LogP contribution in [-0.4, -0.2) is 20.3 Å². The fourth-order valence-corrected chi connectivity index (χ4v) is 2.14. The van der Waals surface area contributed by atoms with Gasteiger partial charge >= 0.3 is 6.03 Å². The van der Waals surface area contributed by atoms with Gasteiger partial charge in [-0.15, -0.1) is 0 Å². The van der Waals surface area contributed by atoms with Crippen LogP contribution in [0.25, 0.3) is 0 Å². The fraction of sp³-hybridized carbons (Fsp3) is 0.188. The fourth-order valence-electron chi connectivity index (χ4n) is 1.87. The van der Waals surface area contributed by atoms with Crippen molar-refractivity contribution in [1.82, 2.24) is 5.32 Å². The maximum Gasteiger partial charge on any atom is 0.319 e. The number of hydrogen-bond acceptors (Lipinski definition) is 3. The lowest BCUT2D eigenvalue weighted by Crippen LogP contribution is -2.28. The van der Waals surface area contributed by atoms with E-state index >= 15 is 0 Å². The average molecular weight is 365 g/mol. The lowest BCUT2D eigenvalue weighted by atomic mass is 10.2. The molecule has 2 aromatic carbocycles. The van der Waals surface area contributed by atoms with Gasteiger partial charge in [-0.3, -0.25) is 0 Å². The molecule has 0 radical (unpaired) electrons. The molecule has 0 unspecified atom stereocenters. The van der Waals surface area contributed by atoms with Crippen molar-refractivity contribution in [3.05, 3.63) is 52.5 Å². The Kier molecular flexibility index (Phi) is 5.66. The van der Waals surface area contributed by atoms with Crippen LogP contribution in [-0.2, 0) is 6.54 Å². The first-order valence-electron chi connectivity index (χ1n) is 6.63. The molecule has 0 aliphatic carbocycles. The molecule has 0 aliphatic rings. The van der Waals surface area contributed by atoms with Crippen LogP contribution < -0.4 is 20.1 Å². The number of benzene rings is 2. The molecule has 2 rings (SSSR count). The highest BCUT2D eigenvalue weighted by molar-refractivity contribution is 9.10. The highest BCUT2D eigenvalue weighted by Crippen LogP contribution is 2.29. The van der Waals surface area contributed by atoms with Crippen LogP contribution in [0.5, 0.6) is 11.5 Å². The van der Waals surface area contributed by atoms with E-state index in [2.05, 4.69) is 26.6 Å². The van der Waals surface area contributed by atoms with Gasteiger partial charge in [-0.05, 0) is 29.8 Å². The van der Waals surface area contributed by atoms with Gasteiger partial charge in [0.1, 0.15) is 0 Å². The molecule has 0 saturated heterocycles. The highest BCUT2D eigenvalue weighted by atomic mass is 79.9. The molecule has 2 amide bonds. The second-order valence-corrected chi connectivity index (χ2v) is 5.42. The largest absolute Gasteiger partial charge is 0.493 e. The molecule has 0 fully saturated rings. The van der Waals surface area contributed by atoms with Gasteiger partial charge in [-0.25, -0.2) is 4.79 Å². The van der Waals surface area contributed by atoms with Crippen molar-refractivity contribution in [2.45, 2.75) is 6.54 Å². The molecular formula is C16H17BrN2O3. The molecule has 2 aromatic rings. The summed E-state index contributed by atoms with van der Waals surface area (Å²) in [5.74, 6) is 1.18. The van der Waals surface area contributed by atoms with Gasteiger partial charge in [-0.1, -0.05) is 28.1 Å². The first-order chi connectivity index (χ1) is 10.6. The molecule has 0 aliphatic heterocycles. The predicted molar refractivity (Wildman–Crippen MR) is 89.5 cm³/mol. The maximum atomic E-state index is 11.9. The highest BCUT2D eigenvalue weighted by Gasteiger charge is 2.07. The predicted octanol–water partition coefficient (Wildman–Crippen LogP) is 3.79. The molecule has 5 nitrogen and oxygen atoms in total. The Morgan fingerprint density at radius 2 is 1.73 bits per heavy atom. The van der Waals surface area contributed by atoms with Gasteiger partial charge in [-0.2, -0.15) is 0 Å². The number of hydrogen-bond donors (Lipinski definition) is 2. The van der Waals surface area contributed by atoms with Crippen molar-refractivity contribution < 1.29 is 14.3 Å². The van der Waals surface area contributed by atoms with Crippen LogP contribution in [0, 0.1) is 0 Å². The van der Waals surface area contributed by atoms with E-state index < -0.39 is 0 Å². The van der Waals surface area contributed by atoms with Crippen molar-refractivity contribution in [3.63, 3.8) is 0 Å². The Morgan fingerprint density at radius 1 is 1.05 bits per heavy atom. The van der Waals surface area contributed by atoms with Gasteiger partial charge < -0.3 is 20.1 Å². The molecule has 0 bridgehead atoms. The van der Waals surface area contributed by atoms with Crippen molar-refractivity contribution >= 4 is 27.6 Å². The third-order valence-corrected chi connectivity index (χ3v) is 3.54. The summed E-state index contributed by atoms with van der Waals surface area (Å²) in [5, 5.41) is 5.55. The molecule has 0 saturated carbocycles. The smallest absolute Gasteiger partial charge is 0.319 e. The normalized spacial score (nSPS) is 9.95. The average Bonchev–Trinajstić information content (AvgIpc) is 2.54. The number of ether oxygens (including phenoxy) is 2. The van der Waals surface area contributed by atoms with Gasteiger partial charge in [0.2, 0.25) is 0 Å². The molecule has 22 heavy (non-hydrogen) atoms. The van der Waals surface area contributed by atoms with Crippen LogP contribution in [0.2, 0.25) is 0 Å². The Labute approximate surface area is 137 Å². The summed E-state index contributed by atoms with van der Waals surface area (Å²) >= 11 is 3.37. The molecule has 0 spiro atoms. The zero-order valence-electron chi connectivity index (χ0n) is 12.4. The summed E-state index contributed by atoms with van der Waals surface area (Å²) in [5.41, 5.74) is 1.65. The number of carbonyl (C=O) groups excluding carboxylic acids is 1. The Balaban J connectivity index is 1.93. The number of amides is 2. The topological polar surface area (TPSA) is 59.6 Å². The van der Waals surface area contributed by atoms with E-state index in [1.807, 2.05) is 24.3 Å². The monoisotopic (exact) mass is 364 g/mol. The van der Waals surface area contributed by atoms with Crippen LogP contribution in [0.4, 0.5) is 10.5 Å². The zero-order chi connectivity index (χ0) is 15.9. The van der Waals surface area contributed by atoms with Crippen molar-refractivity contribution in [2.24, 2.45) is 0 Å². The van der Waals surface area contributed by atoms with Crippen LogP contribution in [0.1, 0.15) is 5.56 Å².